The second kappa shape index (κ2) is 3.47. The van der Waals surface area contributed by atoms with Crippen molar-refractivity contribution in [2.24, 2.45) is 10.8 Å². The van der Waals surface area contributed by atoms with E-state index >= 15 is 0 Å². The highest BCUT2D eigenvalue weighted by molar-refractivity contribution is 9.10. The summed E-state index contributed by atoms with van der Waals surface area (Å²) in [5.74, 6) is 0.700. The van der Waals surface area contributed by atoms with Crippen LogP contribution in [0, 0.1) is 10.8 Å². The highest BCUT2D eigenvalue weighted by Gasteiger charge is 2.65. The molecular weight excluding hydrogens is 292 g/mol. The first kappa shape index (κ1) is 12.0. The highest BCUT2D eigenvalue weighted by Crippen LogP contribution is 2.63. The van der Waals surface area contributed by atoms with Crippen LogP contribution in [0.1, 0.15) is 27.7 Å². The number of aromatic nitrogens is 3. The predicted molar refractivity (Wildman–Crippen MR) is 75.7 cm³/mol. The van der Waals surface area contributed by atoms with Crippen LogP contribution in [0.25, 0.3) is 5.65 Å². The van der Waals surface area contributed by atoms with Crippen LogP contribution in [0.4, 0.5) is 5.95 Å². The van der Waals surface area contributed by atoms with Gasteiger partial charge in [-0.1, -0.05) is 27.7 Å². The van der Waals surface area contributed by atoms with Gasteiger partial charge in [0.2, 0.25) is 5.95 Å². The first-order valence-corrected chi connectivity index (χ1v) is 6.91. The molecule has 1 aliphatic rings. The molecular formula is C13H17BrN4. The van der Waals surface area contributed by atoms with Crippen LogP contribution >= 0.6 is 15.9 Å². The van der Waals surface area contributed by atoms with Crippen LogP contribution in [-0.4, -0.2) is 20.6 Å². The summed E-state index contributed by atoms with van der Waals surface area (Å²) in [6.07, 6.45) is 1.90. The van der Waals surface area contributed by atoms with Crippen LogP contribution in [0.3, 0.4) is 0 Å². The number of fused-ring (bicyclic) bond motifs is 1. The Balaban J connectivity index is 1.91. The summed E-state index contributed by atoms with van der Waals surface area (Å²) >= 11 is 3.49. The molecule has 0 atom stereocenters. The summed E-state index contributed by atoms with van der Waals surface area (Å²) in [6, 6.07) is 4.33. The van der Waals surface area contributed by atoms with Crippen LogP contribution in [0.15, 0.2) is 22.8 Å². The molecule has 2 aromatic rings. The summed E-state index contributed by atoms with van der Waals surface area (Å²) in [5, 5.41) is 7.90. The fourth-order valence-electron chi connectivity index (χ4n) is 2.62. The van der Waals surface area contributed by atoms with Gasteiger partial charge in [0.15, 0.2) is 5.65 Å². The molecule has 18 heavy (non-hydrogen) atoms. The molecule has 1 N–H and O–H groups in total. The van der Waals surface area contributed by atoms with Crippen LogP contribution in [-0.2, 0) is 0 Å². The van der Waals surface area contributed by atoms with E-state index in [2.05, 4.69) is 59.0 Å². The molecule has 0 aromatic carbocycles. The summed E-state index contributed by atoms with van der Waals surface area (Å²) in [6.45, 7) is 9.10. The van der Waals surface area contributed by atoms with Crippen molar-refractivity contribution >= 4 is 27.5 Å². The fourth-order valence-corrected chi connectivity index (χ4v) is 3.04. The van der Waals surface area contributed by atoms with Crippen molar-refractivity contribution in [3.63, 3.8) is 0 Å². The van der Waals surface area contributed by atoms with Gasteiger partial charge in [0.25, 0.3) is 0 Å². The van der Waals surface area contributed by atoms with Gasteiger partial charge >= 0.3 is 0 Å². The zero-order chi connectivity index (χ0) is 13.1. The molecule has 2 heterocycles. The van der Waals surface area contributed by atoms with Crippen molar-refractivity contribution in [3.05, 3.63) is 22.8 Å². The molecule has 4 nitrogen and oxygen atoms in total. The minimum Gasteiger partial charge on any atom is -0.349 e. The normalized spacial score (nSPS) is 21.2. The lowest BCUT2D eigenvalue weighted by molar-refractivity contribution is 0.457. The van der Waals surface area contributed by atoms with E-state index in [1.165, 1.54) is 0 Å². The lowest BCUT2D eigenvalue weighted by Gasteiger charge is -2.02. The van der Waals surface area contributed by atoms with Crippen molar-refractivity contribution in [2.45, 2.75) is 33.7 Å². The third-order valence-corrected chi connectivity index (χ3v) is 5.23. The van der Waals surface area contributed by atoms with E-state index in [4.69, 9.17) is 0 Å². The molecule has 96 valence electrons. The molecule has 3 rings (SSSR count). The maximum absolute atomic E-state index is 4.52. The maximum atomic E-state index is 4.52. The Bertz CT molecular complexity index is 600. The zero-order valence-electron chi connectivity index (χ0n) is 11.0. The number of pyridine rings is 1. The second-order valence-corrected chi connectivity index (χ2v) is 6.93. The summed E-state index contributed by atoms with van der Waals surface area (Å²) in [4.78, 5) is 4.52. The quantitative estimate of drug-likeness (QED) is 0.925. The highest BCUT2D eigenvalue weighted by atomic mass is 79.9. The summed E-state index contributed by atoms with van der Waals surface area (Å²) < 4.78 is 2.74. The minimum atomic E-state index is 0.279. The van der Waals surface area contributed by atoms with Crippen LogP contribution < -0.4 is 5.32 Å². The molecule has 0 spiro atoms. The van der Waals surface area contributed by atoms with E-state index in [0.29, 0.717) is 12.0 Å². The number of halogens is 1. The predicted octanol–water partition coefficient (Wildman–Crippen LogP) is 3.34. The van der Waals surface area contributed by atoms with E-state index in [0.717, 1.165) is 10.1 Å². The van der Waals surface area contributed by atoms with E-state index in [1.54, 1.807) is 4.52 Å². The smallest absolute Gasteiger partial charge is 0.243 e. The third-order valence-electron chi connectivity index (χ3n) is 4.61. The molecule has 1 fully saturated rings. The van der Waals surface area contributed by atoms with Crippen molar-refractivity contribution in [1.82, 2.24) is 14.6 Å². The van der Waals surface area contributed by atoms with Crippen molar-refractivity contribution < 1.29 is 0 Å². The molecule has 1 aliphatic carbocycles. The molecule has 5 heteroatoms. The Morgan fingerprint density at radius 2 is 1.94 bits per heavy atom. The molecule has 2 aromatic heterocycles. The Labute approximate surface area is 115 Å². The maximum Gasteiger partial charge on any atom is 0.243 e. The average molecular weight is 309 g/mol. The SMILES string of the molecule is CC1(C)C(Nc2nc3c(Br)cccn3n2)C1(C)C. The number of anilines is 1. The summed E-state index contributed by atoms with van der Waals surface area (Å²) in [7, 11) is 0. The molecule has 0 amide bonds. The van der Waals surface area contributed by atoms with Gasteiger partial charge in [-0.15, -0.1) is 5.10 Å². The number of hydrogen-bond donors (Lipinski definition) is 1. The number of hydrogen-bond acceptors (Lipinski definition) is 3. The van der Waals surface area contributed by atoms with Gasteiger partial charge in [-0.25, -0.2) is 4.52 Å². The monoisotopic (exact) mass is 308 g/mol. The van der Waals surface area contributed by atoms with E-state index in [1.807, 2.05) is 18.3 Å². The number of nitrogens with zero attached hydrogens (tertiary/aromatic N) is 3. The van der Waals surface area contributed by atoms with E-state index < -0.39 is 0 Å². The van der Waals surface area contributed by atoms with E-state index in [-0.39, 0.29) is 10.8 Å². The van der Waals surface area contributed by atoms with E-state index in [9.17, 15) is 0 Å². The zero-order valence-corrected chi connectivity index (χ0v) is 12.6. The van der Waals surface area contributed by atoms with Crippen molar-refractivity contribution in [3.8, 4) is 0 Å². The minimum absolute atomic E-state index is 0.279. The Morgan fingerprint density at radius 3 is 2.50 bits per heavy atom. The van der Waals surface area contributed by atoms with Gasteiger partial charge in [0, 0.05) is 12.2 Å². The van der Waals surface area contributed by atoms with Gasteiger partial charge in [-0.2, -0.15) is 4.98 Å². The van der Waals surface area contributed by atoms with Gasteiger partial charge < -0.3 is 5.32 Å². The first-order chi connectivity index (χ1) is 8.34. The first-order valence-electron chi connectivity index (χ1n) is 6.11. The largest absolute Gasteiger partial charge is 0.349 e. The van der Waals surface area contributed by atoms with Crippen LogP contribution in [0.2, 0.25) is 0 Å². The van der Waals surface area contributed by atoms with Crippen molar-refractivity contribution in [1.29, 1.82) is 0 Å². The van der Waals surface area contributed by atoms with Crippen LogP contribution in [0.5, 0.6) is 0 Å². The van der Waals surface area contributed by atoms with Gasteiger partial charge in [-0.3, -0.25) is 0 Å². The fraction of sp³-hybridized carbons (Fsp3) is 0.538. The molecule has 0 aliphatic heterocycles. The standard InChI is InChI=1S/C13H17BrN4/c1-12(2)10(13(12,3)4)16-11-15-9-8(14)6-5-7-18(9)17-11/h5-7,10H,1-4H3,(H,16,17). The molecule has 0 bridgehead atoms. The molecule has 1 saturated carbocycles. The third kappa shape index (κ3) is 1.49. The Morgan fingerprint density at radius 1 is 1.28 bits per heavy atom. The number of nitrogens with one attached hydrogen (secondary N) is 1. The average Bonchev–Trinajstić information content (AvgIpc) is 2.67. The molecule has 0 radical (unpaired) electrons. The topological polar surface area (TPSA) is 42.2 Å². The van der Waals surface area contributed by atoms with Crippen molar-refractivity contribution in [2.75, 3.05) is 5.32 Å². The Kier molecular flexibility index (Phi) is 2.31. The second-order valence-electron chi connectivity index (χ2n) is 6.08. The number of rotatable bonds is 2. The lowest BCUT2D eigenvalue weighted by Crippen LogP contribution is -2.11. The van der Waals surface area contributed by atoms with Gasteiger partial charge in [-0.05, 0) is 38.9 Å². The molecule has 0 unspecified atom stereocenters. The van der Waals surface area contributed by atoms with Gasteiger partial charge in [0.1, 0.15) is 0 Å². The van der Waals surface area contributed by atoms with Gasteiger partial charge in [0.05, 0.1) is 4.47 Å². The summed E-state index contributed by atoms with van der Waals surface area (Å²) in [5.41, 5.74) is 1.40. The molecule has 0 saturated heterocycles. The lowest BCUT2D eigenvalue weighted by atomic mass is 10.0. The Hall–Kier alpha value is -1.10.